The molecule has 1 aromatic heterocycles. The summed E-state index contributed by atoms with van der Waals surface area (Å²) in [4.78, 5) is 9.04. The summed E-state index contributed by atoms with van der Waals surface area (Å²) in [5.74, 6) is 1.65. The lowest BCUT2D eigenvalue weighted by molar-refractivity contribution is 0.554. The van der Waals surface area contributed by atoms with Crippen LogP contribution in [0.3, 0.4) is 0 Å². The molecule has 8 heteroatoms. The number of aromatic nitrogens is 2. The lowest BCUT2D eigenvalue weighted by atomic mass is 10.2. The second kappa shape index (κ2) is 8.73. The Balaban J connectivity index is 1.94. The number of guanidine groups is 1. The molecule has 7 nitrogen and oxygen atoms in total. The molecule has 0 saturated carbocycles. The summed E-state index contributed by atoms with van der Waals surface area (Å²) in [5.41, 5.74) is 2.16. The summed E-state index contributed by atoms with van der Waals surface area (Å²) in [5, 5.41) is 6.45. The van der Waals surface area contributed by atoms with Crippen LogP contribution in [0.15, 0.2) is 29.3 Å². The fraction of sp³-hybridized carbons (Fsp3) is 0.579. The van der Waals surface area contributed by atoms with Gasteiger partial charge in [0.05, 0.1) is 22.3 Å². The highest BCUT2D eigenvalue weighted by atomic mass is 32.2. The van der Waals surface area contributed by atoms with E-state index in [1.807, 2.05) is 32.0 Å². The van der Waals surface area contributed by atoms with Crippen molar-refractivity contribution in [3.8, 4) is 0 Å². The second-order valence-corrected chi connectivity index (χ2v) is 9.96. The highest BCUT2D eigenvalue weighted by molar-refractivity contribution is 7.92. The zero-order chi connectivity index (χ0) is 20.1. The van der Waals surface area contributed by atoms with Crippen molar-refractivity contribution in [3.63, 3.8) is 0 Å². The quantitative estimate of drug-likeness (QED) is 0.407. The first-order valence-electron chi connectivity index (χ1n) is 9.29. The molecule has 0 aliphatic heterocycles. The van der Waals surface area contributed by atoms with Crippen LogP contribution in [0, 0.1) is 6.92 Å². The van der Waals surface area contributed by atoms with Gasteiger partial charge in [-0.15, -0.1) is 0 Å². The average Bonchev–Trinajstić information content (AvgIpc) is 2.91. The van der Waals surface area contributed by atoms with Crippen molar-refractivity contribution in [3.05, 3.63) is 30.1 Å². The lowest BCUT2D eigenvalue weighted by Gasteiger charge is -2.21. The van der Waals surface area contributed by atoms with Crippen LogP contribution in [0.5, 0.6) is 0 Å². The monoisotopic (exact) mass is 393 g/mol. The van der Waals surface area contributed by atoms with Gasteiger partial charge >= 0.3 is 0 Å². The van der Waals surface area contributed by atoms with E-state index < -0.39 is 14.6 Å². The first-order chi connectivity index (χ1) is 12.7. The molecule has 2 N–H and O–H groups in total. The molecule has 150 valence electrons. The summed E-state index contributed by atoms with van der Waals surface area (Å²) < 4.78 is 25.0. The van der Waals surface area contributed by atoms with Gasteiger partial charge in [-0.05, 0) is 46.2 Å². The van der Waals surface area contributed by atoms with Gasteiger partial charge in [-0.1, -0.05) is 12.1 Å². The van der Waals surface area contributed by atoms with Crippen LogP contribution < -0.4 is 10.6 Å². The Hall–Kier alpha value is -2.09. The summed E-state index contributed by atoms with van der Waals surface area (Å²) >= 11 is 0. The van der Waals surface area contributed by atoms with Crippen molar-refractivity contribution in [2.45, 2.75) is 45.4 Å². The topological polar surface area (TPSA) is 88.4 Å². The maximum absolute atomic E-state index is 11.8. The standard InChI is InChI=1S/C19H31N5O2S/c1-6-20-18(22-14-19(3,4)27(5,25)26)21-12-9-13-24-15(2)23-16-10-7-8-11-17(16)24/h7-8,10-11H,6,9,12-14H2,1-5H3,(H2,20,21,22). The zero-order valence-corrected chi connectivity index (χ0v) is 17.7. The molecule has 0 aliphatic rings. The molecule has 1 heterocycles. The largest absolute Gasteiger partial charge is 0.357 e. The number of rotatable bonds is 8. The Morgan fingerprint density at radius 2 is 1.96 bits per heavy atom. The van der Waals surface area contributed by atoms with Crippen LogP contribution in [0.2, 0.25) is 0 Å². The van der Waals surface area contributed by atoms with Gasteiger partial charge in [0, 0.05) is 25.9 Å². The van der Waals surface area contributed by atoms with E-state index in [1.54, 1.807) is 13.8 Å². The van der Waals surface area contributed by atoms with Crippen molar-refractivity contribution in [1.82, 2.24) is 20.2 Å². The minimum atomic E-state index is -3.17. The molecule has 0 fully saturated rings. The predicted octanol–water partition coefficient (Wildman–Crippen LogP) is 2.11. The molecule has 0 radical (unpaired) electrons. The van der Waals surface area contributed by atoms with Gasteiger partial charge in [-0.3, -0.25) is 4.99 Å². The van der Waals surface area contributed by atoms with Crippen LogP contribution in [0.1, 0.15) is 33.0 Å². The Labute approximate surface area is 162 Å². The summed E-state index contributed by atoms with van der Waals surface area (Å²) in [6.07, 6.45) is 2.15. The molecule has 0 aliphatic carbocycles. The number of nitrogens with zero attached hydrogens (tertiary/aromatic N) is 3. The van der Waals surface area contributed by atoms with E-state index >= 15 is 0 Å². The zero-order valence-electron chi connectivity index (χ0n) is 16.9. The third-order valence-corrected chi connectivity index (χ3v) is 6.80. The normalized spacial score (nSPS) is 13.1. The number of hydrogen-bond donors (Lipinski definition) is 2. The Morgan fingerprint density at radius 3 is 2.63 bits per heavy atom. The van der Waals surface area contributed by atoms with Crippen LogP contribution in [0.25, 0.3) is 11.0 Å². The first-order valence-corrected chi connectivity index (χ1v) is 11.2. The minimum absolute atomic E-state index is 0.215. The van der Waals surface area contributed by atoms with Gasteiger partial charge in [0.15, 0.2) is 15.8 Å². The highest BCUT2D eigenvalue weighted by Crippen LogP contribution is 2.16. The second-order valence-electron chi connectivity index (χ2n) is 7.31. The highest BCUT2D eigenvalue weighted by Gasteiger charge is 2.29. The number of sulfone groups is 1. The van der Waals surface area contributed by atoms with Crippen LogP contribution >= 0.6 is 0 Å². The number of nitrogens with one attached hydrogen (secondary N) is 2. The van der Waals surface area contributed by atoms with Crippen molar-refractivity contribution in [2.75, 3.05) is 25.9 Å². The fourth-order valence-electron chi connectivity index (χ4n) is 2.65. The van der Waals surface area contributed by atoms with E-state index in [-0.39, 0.29) is 6.54 Å². The number of para-hydroxylation sites is 2. The molecule has 27 heavy (non-hydrogen) atoms. The number of hydrogen-bond acceptors (Lipinski definition) is 4. The number of benzene rings is 1. The van der Waals surface area contributed by atoms with E-state index in [0.29, 0.717) is 5.96 Å². The van der Waals surface area contributed by atoms with Crippen molar-refractivity contribution in [1.29, 1.82) is 0 Å². The maximum atomic E-state index is 11.8. The molecule has 2 rings (SSSR count). The molecule has 0 unspecified atom stereocenters. The SMILES string of the molecule is CCNC(=NCC(C)(C)S(C)(=O)=O)NCCCn1c(C)nc2ccccc21. The third kappa shape index (κ3) is 5.45. The molecular weight excluding hydrogens is 362 g/mol. The van der Waals surface area contributed by atoms with E-state index in [4.69, 9.17) is 0 Å². The maximum Gasteiger partial charge on any atom is 0.191 e. The number of fused-ring (bicyclic) bond motifs is 1. The lowest BCUT2D eigenvalue weighted by Crippen LogP contribution is -2.41. The van der Waals surface area contributed by atoms with E-state index in [1.165, 1.54) is 6.26 Å². The van der Waals surface area contributed by atoms with Gasteiger partial charge in [0.1, 0.15) is 5.82 Å². The number of imidazole rings is 1. The molecule has 0 saturated heterocycles. The third-order valence-electron chi connectivity index (χ3n) is 4.66. The van der Waals surface area contributed by atoms with Crippen molar-refractivity contribution < 1.29 is 8.42 Å². The van der Waals surface area contributed by atoms with E-state index in [0.717, 1.165) is 42.9 Å². The molecule has 0 atom stereocenters. The van der Waals surface area contributed by atoms with E-state index in [2.05, 4.69) is 31.2 Å². The smallest absolute Gasteiger partial charge is 0.191 e. The van der Waals surface area contributed by atoms with Crippen molar-refractivity contribution >= 4 is 26.8 Å². The predicted molar refractivity (Wildman–Crippen MR) is 112 cm³/mol. The van der Waals surface area contributed by atoms with Gasteiger partial charge in [0.2, 0.25) is 0 Å². The van der Waals surface area contributed by atoms with Gasteiger partial charge in [0.25, 0.3) is 0 Å². The summed E-state index contributed by atoms with van der Waals surface area (Å²) in [6, 6.07) is 8.13. The van der Waals surface area contributed by atoms with Gasteiger partial charge in [-0.25, -0.2) is 13.4 Å². The van der Waals surface area contributed by atoms with Crippen LogP contribution in [0.4, 0.5) is 0 Å². The molecule has 2 aromatic rings. The fourth-order valence-corrected chi connectivity index (χ4v) is 2.95. The molecule has 0 spiro atoms. The van der Waals surface area contributed by atoms with Gasteiger partial charge < -0.3 is 15.2 Å². The number of aryl methyl sites for hydroxylation is 2. The van der Waals surface area contributed by atoms with Crippen LogP contribution in [-0.2, 0) is 16.4 Å². The Morgan fingerprint density at radius 1 is 1.26 bits per heavy atom. The average molecular weight is 394 g/mol. The first kappa shape index (κ1) is 21.2. The molecule has 0 bridgehead atoms. The van der Waals surface area contributed by atoms with Gasteiger partial charge in [-0.2, -0.15) is 0 Å². The molecule has 1 aromatic carbocycles. The molecule has 0 amide bonds. The van der Waals surface area contributed by atoms with Crippen LogP contribution in [-0.4, -0.2) is 54.6 Å². The Bertz CT molecular complexity index is 900. The Kier molecular flexibility index (Phi) is 6.86. The number of aliphatic imine (C=N–C) groups is 1. The summed E-state index contributed by atoms with van der Waals surface area (Å²) in [7, 11) is -3.17. The minimum Gasteiger partial charge on any atom is -0.357 e. The van der Waals surface area contributed by atoms with E-state index in [9.17, 15) is 8.42 Å². The summed E-state index contributed by atoms with van der Waals surface area (Å²) in [6.45, 7) is 9.92. The van der Waals surface area contributed by atoms with Crippen molar-refractivity contribution in [2.24, 2.45) is 4.99 Å². The molecular formula is C19H31N5O2S.